The number of esters is 1. The summed E-state index contributed by atoms with van der Waals surface area (Å²) in [7, 11) is 1.33. The molecule has 1 heterocycles. The summed E-state index contributed by atoms with van der Waals surface area (Å²) < 4.78 is 4.71. The Bertz CT molecular complexity index is 1040. The first-order valence-electron chi connectivity index (χ1n) is 10.4. The Morgan fingerprint density at radius 1 is 1.16 bits per heavy atom. The number of amides is 1. The van der Waals surface area contributed by atoms with Gasteiger partial charge in [0.2, 0.25) is 0 Å². The molecule has 162 valence electrons. The number of rotatable bonds is 6. The number of methoxy groups -OCH3 is 1. The van der Waals surface area contributed by atoms with Crippen LogP contribution in [0.5, 0.6) is 0 Å². The minimum Gasteiger partial charge on any atom is -0.466 e. The van der Waals surface area contributed by atoms with E-state index in [0.29, 0.717) is 12.0 Å². The Morgan fingerprint density at radius 3 is 2.55 bits per heavy atom. The van der Waals surface area contributed by atoms with E-state index in [2.05, 4.69) is 43.5 Å². The maximum Gasteiger partial charge on any atom is 0.330 e. The summed E-state index contributed by atoms with van der Waals surface area (Å²) in [5.41, 5.74) is 5.44. The average Bonchev–Trinajstić information content (AvgIpc) is 2.72. The molecule has 0 unspecified atom stereocenters. The number of allylic oxidation sites excluding steroid dienone is 1. The van der Waals surface area contributed by atoms with Gasteiger partial charge >= 0.3 is 5.97 Å². The van der Waals surface area contributed by atoms with Crippen molar-refractivity contribution in [3.8, 4) is 0 Å². The minimum atomic E-state index is -0.454. The Labute approximate surface area is 184 Å². The van der Waals surface area contributed by atoms with Gasteiger partial charge in [-0.15, -0.1) is 0 Å². The van der Waals surface area contributed by atoms with E-state index in [4.69, 9.17) is 4.74 Å². The molecule has 1 atom stereocenters. The van der Waals surface area contributed by atoms with Gasteiger partial charge in [-0.05, 0) is 62.9 Å². The summed E-state index contributed by atoms with van der Waals surface area (Å²) in [6.45, 7) is 8.22. The minimum absolute atomic E-state index is 0.187. The van der Waals surface area contributed by atoms with Gasteiger partial charge in [0.15, 0.2) is 0 Å². The molecule has 2 aromatic rings. The van der Waals surface area contributed by atoms with Crippen LogP contribution in [-0.4, -0.2) is 30.6 Å². The number of hydrogen-bond acceptors (Lipinski definition) is 4. The van der Waals surface area contributed by atoms with Crippen LogP contribution in [0.4, 0.5) is 5.69 Å². The van der Waals surface area contributed by atoms with Crippen molar-refractivity contribution in [3.05, 3.63) is 82.9 Å². The zero-order chi connectivity index (χ0) is 22.6. The summed E-state index contributed by atoms with van der Waals surface area (Å²) >= 11 is 0. The van der Waals surface area contributed by atoms with Crippen LogP contribution in [0, 0.1) is 6.92 Å². The second-order valence-corrected chi connectivity index (χ2v) is 8.56. The smallest absolute Gasteiger partial charge is 0.330 e. The van der Waals surface area contributed by atoms with Crippen LogP contribution in [-0.2, 0) is 16.0 Å². The topological polar surface area (TPSA) is 67.4 Å². The normalized spacial score (nSPS) is 15.5. The van der Waals surface area contributed by atoms with Crippen LogP contribution < -0.4 is 10.6 Å². The Balaban J connectivity index is 1.92. The van der Waals surface area contributed by atoms with Gasteiger partial charge in [0.1, 0.15) is 0 Å². The predicted molar refractivity (Wildman–Crippen MR) is 125 cm³/mol. The molecule has 5 nitrogen and oxygen atoms in total. The largest absolute Gasteiger partial charge is 0.466 e. The first kappa shape index (κ1) is 22.3. The van der Waals surface area contributed by atoms with Crippen LogP contribution in [0.15, 0.2) is 60.7 Å². The van der Waals surface area contributed by atoms with E-state index < -0.39 is 5.97 Å². The zero-order valence-corrected chi connectivity index (χ0v) is 18.8. The fourth-order valence-corrected chi connectivity index (χ4v) is 3.93. The van der Waals surface area contributed by atoms with Gasteiger partial charge in [0.25, 0.3) is 5.91 Å². The Morgan fingerprint density at radius 2 is 1.87 bits per heavy atom. The molecule has 0 saturated carbocycles. The van der Waals surface area contributed by atoms with Crippen molar-refractivity contribution in [2.45, 2.75) is 45.7 Å². The highest BCUT2D eigenvalue weighted by molar-refractivity contribution is 6.03. The number of carbonyl (C=O) groups is 2. The number of hydrogen-bond donors (Lipinski definition) is 2. The molecule has 0 aliphatic carbocycles. The number of nitrogens with one attached hydrogen (secondary N) is 2. The molecule has 1 aliphatic rings. The summed E-state index contributed by atoms with van der Waals surface area (Å²) in [5, 5.41) is 6.58. The maximum atomic E-state index is 13.4. The van der Waals surface area contributed by atoms with Gasteiger partial charge in [-0.2, -0.15) is 0 Å². The second-order valence-electron chi connectivity index (χ2n) is 8.56. The fraction of sp³-hybridized carbons (Fsp3) is 0.308. The molecule has 2 N–H and O–H groups in total. The van der Waals surface area contributed by atoms with Crippen molar-refractivity contribution in [2.24, 2.45) is 0 Å². The maximum absolute atomic E-state index is 13.4. The highest BCUT2D eigenvalue weighted by Gasteiger charge is 2.27. The molecule has 5 heteroatoms. The van der Waals surface area contributed by atoms with Crippen molar-refractivity contribution >= 4 is 23.1 Å². The summed E-state index contributed by atoms with van der Waals surface area (Å²) in [4.78, 5) is 25.0. The molecule has 0 spiro atoms. The molecular formula is C26H30N2O3. The molecule has 0 fully saturated rings. The SMILES string of the molecule is COC(=O)/C=C/[C@H](Cc1ccccc1)NC(=O)c1cc(C)cc2c1NC(C)(C)C=C2C. The van der Waals surface area contributed by atoms with Gasteiger partial charge < -0.3 is 15.4 Å². The molecule has 2 aromatic carbocycles. The number of benzene rings is 2. The molecule has 1 aliphatic heterocycles. The van der Waals surface area contributed by atoms with Gasteiger partial charge in [0.05, 0.1) is 29.9 Å². The molecule has 0 aromatic heterocycles. The lowest BCUT2D eigenvalue weighted by atomic mass is 9.88. The molecule has 1 amide bonds. The number of aryl methyl sites for hydroxylation is 1. The lowest BCUT2D eigenvalue weighted by Crippen LogP contribution is -2.38. The summed E-state index contributed by atoms with van der Waals surface area (Å²) in [6.07, 6.45) is 5.77. The quantitative estimate of drug-likeness (QED) is 0.528. The molecule has 0 bridgehead atoms. The molecule has 0 saturated heterocycles. The van der Waals surface area contributed by atoms with Crippen molar-refractivity contribution in [3.63, 3.8) is 0 Å². The highest BCUT2D eigenvalue weighted by atomic mass is 16.5. The second kappa shape index (κ2) is 9.21. The number of anilines is 1. The highest BCUT2D eigenvalue weighted by Crippen LogP contribution is 2.37. The third-order valence-corrected chi connectivity index (χ3v) is 5.26. The third kappa shape index (κ3) is 5.63. The van der Waals surface area contributed by atoms with Crippen LogP contribution in [0.25, 0.3) is 5.57 Å². The predicted octanol–water partition coefficient (Wildman–Crippen LogP) is 4.67. The molecular weight excluding hydrogens is 388 g/mol. The Kier molecular flexibility index (Phi) is 6.64. The van der Waals surface area contributed by atoms with Gasteiger partial charge in [-0.25, -0.2) is 4.79 Å². The molecule has 0 radical (unpaired) electrons. The molecule has 3 rings (SSSR count). The van der Waals surface area contributed by atoms with Crippen molar-refractivity contribution < 1.29 is 14.3 Å². The van der Waals surface area contributed by atoms with Crippen molar-refractivity contribution in [2.75, 3.05) is 12.4 Å². The number of fused-ring (bicyclic) bond motifs is 1. The fourth-order valence-electron chi connectivity index (χ4n) is 3.93. The summed E-state index contributed by atoms with van der Waals surface area (Å²) in [6, 6.07) is 13.5. The number of ether oxygens (including phenoxy) is 1. The van der Waals surface area contributed by atoms with E-state index in [1.807, 2.05) is 43.3 Å². The average molecular weight is 419 g/mol. The zero-order valence-electron chi connectivity index (χ0n) is 18.8. The van der Waals surface area contributed by atoms with Crippen LogP contribution in [0.1, 0.15) is 47.8 Å². The van der Waals surface area contributed by atoms with E-state index >= 15 is 0 Å². The van der Waals surface area contributed by atoms with Crippen LogP contribution in [0.2, 0.25) is 0 Å². The summed E-state index contributed by atoms with van der Waals surface area (Å²) in [5.74, 6) is -0.641. The van der Waals surface area contributed by atoms with E-state index in [9.17, 15) is 9.59 Å². The van der Waals surface area contributed by atoms with Crippen LogP contribution in [0.3, 0.4) is 0 Å². The lowest BCUT2D eigenvalue weighted by Gasteiger charge is -2.33. The third-order valence-electron chi connectivity index (χ3n) is 5.26. The first-order chi connectivity index (χ1) is 14.7. The van der Waals surface area contributed by atoms with Crippen LogP contribution >= 0.6 is 0 Å². The van der Waals surface area contributed by atoms with E-state index in [1.54, 1.807) is 6.08 Å². The van der Waals surface area contributed by atoms with E-state index in [-0.39, 0.29) is 17.5 Å². The van der Waals surface area contributed by atoms with Gasteiger partial charge in [-0.1, -0.05) is 42.5 Å². The standard InChI is InChI=1S/C26H30N2O3/c1-17-13-21-18(2)16-26(3,4)28-24(21)22(14-17)25(30)27-20(11-12-23(29)31-5)15-19-9-7-6-8-10-19/h6-14,16,20,28H,15H2,1-5H3,(H,27,30)/b12-11+/t20-/m1/s1. The number of carbonyl (C=O) groups excluding carboxylic acids is 2. The van der Waals surface area contributed by atoms with Crippen molar-refractivity contribution in [1.29, 1.82) is 0 Å². The monoisotopic (exact) mass is 418 g/mol. The van der Waals surface area contributed by atoms with Gasteiger partial charge in [-0.3, -0.25) is 4.79 Å². The first-order valence-corrected chi connectivity index (χ1v) is 10.4. The van der Waals surface area contributed by atoms with Crippen molar-refractivity contribution in [1.82, 2.24) is 5.32 Å². The Hall–Kier alpha value is -3.34. The molecule has 31 heavy (non-hydrogen) atoms. The van der Waals surface area contributed by atoms with E-state index in [1.165, 1.54) is 13.2 Å². The van der Waals surface area contributed by atoms with Gasteiger partial charge in [0, 0.05) is 11.6 Å². The lowest BCUT2D eigenvalue weighted by molar-refractivity contribution is -0.134. The van der Waals surface area contributed by atoms with E-state index in [0.717, 1.165) is 28.0 Å².